The molecule has 0 N–H and O–H groups in total. The zero-order valence-electron chi connectivity index (χ0n) is 12.7. The highest BCUT2D eigenvalue weighted by atomic mass is 16.6. The molecule has 2 rings (SSSR count). The van der Waals surface area contributed by atoms with Gasteiger partial charge in [0.05, 0.1) is 5.56 Å². The molecule has 0 atom stereocenters. The van der Waals surface area contributed by atoms with E-state index in [9.17, 15) is 4.79 Å². The van der Waals surface area contributed by atoms with E-state index in [0.29, 0.717) is 5.56 Å². The van der Waals surface area contributed by atoms with E-state index in [4.69, 9.17) is 4.74 Å². The predicted octanol–water partition coefficient (Wildman–Crippen LogP) is 4.95. The monoisotopic (exact) mass is 280 g/mol. The van der Waals surface area contributed by atoms with Gasteiger partial charge >= 0.3 is 5.97 Å². The first-order chi connectivity index (χ1) is 9.89. The maximum Gasteiger partial charge on any atom is 0.338 e. The molecule has 2 heteroatoms. The molecule has 0 amide bonds. The molecule has 0 heterocycles. The van der Waals surface area contributed by atoms with Crippen LogP contribution in [0.15, 0.2) is 55.1 Å². The lowest BCUT2D eigenvalue weighted by Gasteiger charge is -2.19. The van der Waals surface area contributed by atoms with Crippen LogP contribution in [-0.4, -0.2) is 11.6 Å². The molecule has 0 unspecified atom stereocenters. The van der Waals surface area contributed by atoms with Crippen molar-refractivity contribution in [2.24, 2.45) is 0 Å². The topological polar surface area (TPSA) is 26.3 Å². The fraction of sp³-hybridized carbons (Fsp3) is 0.211. The van der Waals surface area contributed by atoms with Crippen LogP contribution < -0.4 is 0 Å². The molecular weight excluding hydrogens is 260 g/mol. The van der Waals surface area contributed by atoms with E-state index in [1.54, 1.807) is 12.1 Å². The number of hydrogen-bond donors (Lipinski definition) is 0. The average Bonchev–Trinajstić information content (AvgIpc) is 2.46. The fourth-order valence-corrected chi connectivity index (χ4v) is 1.95. The van der Waals surface area contributed by atoms with E-state index in [1.807, 2.05) is 63.2 Å². The summed E-state index contributed by atoms with van der Waals surface area (Å²) in [6, 6.07) is 15.6. The minimum atomic E-state index is -0.476. The number of carbonyl (C=O) groups is 1. The van der Waals surface area contributed by atoms with Crippen molar-refractivity contribution in [1.29, 1.82) is 0 Å². The molecule has 0 saturated heterocycles. The molecular formula is C19H20O2. The SMILES string of the molecule is C=Cc1ccc(-c2ccc(C(=O)OC(C)(C)C)cc2)cc1. The molecule has 21 heavy (non-hydrogen) atoms. The molecule has 2 aromatic carbocycles. The third kappa shape index (κ3) is 4.06. The average molecular weight is 280 g/mol. The predicted molar refractivity (Wildman–Crippen MR) is 87.1 cm³/mol. The van der Waals surface area contributed by atoms with Gasteiger partial charge in [0.25, 0.3) is 0 Å². The van der Waals surface area contributed by atoms with Gasteiger partial charge in [-0.3, -0.25) is 0 Å². The minimum Gasteiger partial charge on any atom is -0.456 e. The van der Waals surface area contributed by atoms with Gasteiger partial charge in [-0.15, -0.1) is 0 Å². The molecule has 0 bridgehead atoms. The number of hydrogen-bond acceptors (Lipinski definition) is 2. The second kappa shape index (κ2) is 5.96. The summed E-state index contributed by atoms with van der Waals surface area (Å²) in [5.74, 6) is -0.295. The Balaban J connectivity index is 2.18. The van der Waals surface area contributed by atoms with Crippen LogP contribution in [0.3, 0.4) is 0 Å². The first kappa shape index (κ1) is 15.0. The molecule has 0 spiro atoms. The Morgan fingerprint density at radius 3 is 1.86 bits per heavy atom. The largest absolute Gasteiger partial charge is 0.456 e. The van der Waals surface area contributed by atoms with Crippen LogP contribution in [-0.2, 0) is 4.74 Å². The molecule has 2 nitrogen and oxygen atoms in total. The number of esters is 1. The summed E-state index contributed by atoms with van der Waals surface area (Å²) >= 11 is 0. The number of rotatable bonds is 3. The van der Waals surface area contributed by atoms with Crippen molar-refractivity contribution >= 4 is 12.0 Å². The van der Waals surface area contributed by atoms with Crippen LogP contribution >= 0.6 is 0 Å². The summed E-state index contributed by atoms with van der Waals surface area (Å²) in [5.41, 5.74) is 3.35. The molecule has 0 saturated carbocycles. The van der Waals surface area contributed by atoms with Crippen molar-refractivity contribution in [3.05, 3.63) is 66.2 Å². The zero-order valence-corrected chi connectivity index (χ0v) is 12.7. The van der Waals surface area contributed by atoms with Gasteiger partial charge < -0.3 is 4.74 Å². The summed E-state index contributed by atoms with van der Waals surface area (Å²) in [5, 5.41) is 0. The van der Waals surface area contributed by atoms with E-state index in [1.165, 1.54) is 0 Å². The van der Waals surface area contributed by atoms with E-state index >= 15 is 0 Å². The number of ether oxygens (including phenoxy) is 1. The van der Waals surface area contributed by atoms with E-state index in [0.717, 1.165) is 16.7 Å². The molecule has 0 radical (unpaired) electrons. The van der Waals surface area contributed by atoms with Gasteiger partial charge in [-0.05, 0) is 49.6 Å². The van der Waals surface area contributed by atoms with E-state index in [2.05, 4.69) is 6.58 Å². The van der Waals surface area contributed by atoms with Crippen molar-refractivity contribution < 1.29 is 9.53 Å². The quantitative estimate of drug-likeness (QED) is 0.743. The maximum atomic E-state index is 12.0. The van der Waals surface area contributed by atoms with E-state index in [-0.39, 0.29) is 5.97 Å². The van der Waals surface area contributed by atoms with Crippen molar-refractivity contribution in [2.45, 2.75) is 26.4 Å². The Kier molecular flexibility index (Phi) is 4.27. The smallest absolute Gasteiger partial charge is 0.338 e. The highest BCUT2D eigenvalue weighted by Gasteiger charge is 2.17. The maximum absolute atomic E-state index is 12.0. The molecule has 0 aliphatic carbocycles. The first-order valence-electron chi connectivity index (χ1n) is 6.95. The second-order valence-electron chi connectivity index (χ2n) is 5.91. The highest BCUT2D eigenvalue weighted by Crippen LogP contribution is 2.21. The molecule has 0 aromatic heterocycles. The Hall–Kier alpha value is -2.35. The Labute approximate surface area is 126 Å². The van der Waals surface area contributed by atoms with Crippen LogP contribution in [0.2, 0.25) is 0 Å². The Morgan fingerprint density at radius 1 is 0.952 bits per heavy atom. The lowest BCUT2D eigenvalue weighted by atomic mass is 10.0. The van der Waals surface area contributed by atoms with Crippen LogP contribution in [0.5, 0.6) is 0 Å². The van der Waals surface area contributed by atoms with Crippen molar-refractivity contribution in [3.63, 3.8) is 0 Å². The third-order valence-electron chi connectivity index (χ3n) is 3.00. The number of carbonyl (C=O) groups excluding carboxylic acids is 1. The van der Waals surface area contributed by atoms with Crippen molar-refractivity contribution in [3.8, 4) is 11.1 Å². The Morgan fingerprint density at radius 2 is 1.43 bits per heavy atom. The summed E-state index contributed by atoms with van der Waals surface area (Å²) in [7, 11) is 0. The Bertz CT molecular complexity index is 629. The van der Waals surface area contributed by atoms with Gasteiger partial charge in [0.1, 0.15) is 5.60 Å². The minimum absolute atomic E-state index is 0.295. The van der Waals surface area contributed by atoms with Gasteiger partial charge in [0.15, 0.2) is 0 Å². The highest BCUT2D eigenvalue weighted by molar-refractivity contribution is 5.90. The lowest BCUT2D eigenvalue weighted by molar-refractivity contribution is 0.00696. The van der Waals surface area contributed by atoms with Crippen LogP contribution in [0, 0.1) is 0 Å². The summed E-state index contributed by atoms with van der Waals surface area (Å²) < 4.78 is 5.35. The summed E-state index contributed by atoms with van der Waals surface area (Å²) in [4.78, 5) is 12.0. The molecule has 0 fully saturated rings. The molecule has 2 aromatic rings. The van der Waals surface area contributed by atoms with Gasteiger partial charge in [0.2, 0.25) is 0 Å². The van der Waals surface area contributed by atoms with Gasteiger partial charge in [-0.1, -0.05) is 49.1 Å². The van der Waals surface area contributed by atoms with Crippen molar-refractivity contribution in [2.75, 3.05) is 0 Å². The zero-order chi connectivity index (χ0) is 15.5. The summed E-state index contributed by atoms with van der Waals surface area (Å²) in [6.07, 6.45) is 1.81. The molecule has 0 aliphatic rings. The van der Waals surface area contributed by atoms with E-state index < -0.39 is 5.60 Å². The third-order valence-corrected chi connectivity index (χ3v) is 3.00. The second-order valence-corrected chi connectivity index (χ2v) is 5.91. The standard InChI is InChI=1S/C19H20O2/c1-5-14-6-8-15(9-7-14)16-10-12-17(13-11-16)18(20)21-19(2,3)4/h5-13H,1H2,2-4H3. The van der Waals surface area contributed by atoms with Gasteiger partial charge in [-0.2, -0.15) is 0 Å². The van der Waals surface area contributed by atoms with Crippen molar-refractivity contribution in [1.82, 2.24) is 0 Å². The first-order valence-corrected chi connectivity index (χ1v) is 6.95. The van der Waals surface area contributed by atoms with Crippen LogP contribution in [0.25, 0.3) is 17.2 Å². The number of benzene rings is 2. The summed E-state index contributed by atoms with van der Waals surface area (Å²) in [6.45, 7) is 9.33. The van der Waals surface area contributed by atoms with Gasteiger partial charge in [-0.25, -0.2) is 4.79 Å². The normalized spacial score (nSPS) is 11.0. The lowest BCUT2D eigenvalue weighted by Crippen LogP contribution is -2.23. The molecule has 0 aliphatic heterocycles. The molecule has 108 valence electrons. The fourth-order valence-electron chi connectivity index (χ4n) is 1.95. The van der Waals surface area contributed by atoms with Gasteiger partial charge in [0, 0.05) is 0 Å². The van der Waals surface area contributed by atoms with Crippen LogP contribution in [0.4, 0.5) is 0 Å². The van der Waals surface area contributed by atoms with Crippen LogP contribution in [0.1, 0.15) is 36.7 Å².